The zero-order valence-electron chi connectivity index (χ0n) is 16.6. The first-order chi connectivity index (χ1) is 14.0. The highest BCUT2D eigenvalue weighted by Gasteiger charge is 2.38. The highest BCUT2D eigenvalue weighted by molar-refractivity contribution is 7.99. The van der Waals surface area contributed by atoms with E-state index in [4.69, 9.17) is 0 Å². The molecule has 1 aliphatic heterocycles. The first-order valence-corrected chi connectivity index (χ1v) is 10.8. The van der Waals surface area contributed by atoms with Crippen molar-refractivity contribution in [2.24, 2.45) is 0 Å². The molecule has 2 heterocycles. The van der Waals surface area contributed by atoms with Crippen LogP contribution < -0.4 is 5.32 Å². The fraction of sp³-hybridized carbons (Fsp3) is 0.364. The lowest BCUT2D eigenvalue weighted by Gasteiger charge is -2.24. The van der Waals surface area contributed by atoms with Gasteiger partial charge in [0.15, 0.2) is 5.16 Å². The van der Waals surface area contributed by atoms with Gasteiger partial charge < -0.3 is 10.3 Å². The van der Waals surface area contributed by atoms with E-state index in [0.29, 0.717) is 25.1 Å². The van der Waals surface area contributed by atoms with Crippen LogP contribution >= 0.6 is 11.8 Å². The van der Waals surface area contributed by atoms with Gasteiger partial charge in [0, 0.05) is 29.9 Å². The van der Waals surface area contributed by atoms with E-state index in [-0.39, 0.29) is 29.1 Å². The molecule has 0 unspecified atom stereocenters. The number of rotatable bonds is 6. The number of benzene rings is 2. The Morgan fingerprint density at radius 2 is 2.03 bits per heavy atom. The zero-order chi connectivity index (χ0) is 20.4. The summed E-state index contributed by atoms with van der Waals surface area (Å²) in [5.41, 5.74) is 2.56. The van der Waals surface area contributed by atoms with E-state index >= 15 is 0 Å². The van der Waals surface area contributed by atoms with Crippen LogP contribution in [0.5, 0.6) is 0 Å². The first-order valence-electron chi connectivity index (χ1n) is 9.89. The molecule has 5 nitrogen and oxygen atoms in total. The predicted octanol–water partition coefficient (Wildman–Crippen LogP) is 3.96. The van der Waals surface area contributed by atoms with E-state index in [1.807, 2.05) is 44.2 Å². The molecule has 0 aliphatic carbocycles. The van der Waals surface area contributed by atoms with Crippen LogP contribution in [0.4, 0.5) is 4.39 Å². The Balaban J connectivity index is 1.52. The minimum atomic E-state index is -0.279. The number of para-hydroxylation sites is 2. The van der Waals surface area contributed by atoms with E-state index in [1.165, 1.54) is 6.07 Å². The second-order valence-corrected chi connectivity index (χ2v) is 9.02. The number of halogens is 1. The Hall–Kier alpha value is -2.38. The summed E-state index contributed by atoms with van der Waals surface area (Å²) in [6, 6.07) is 14.5. The van der Waals surface area contributed by atoms with Crippen LogP contribution in [0.2, 0.25) is 0 Å². The fourth-order valence-corrected chi connectivity index (χ4v) is 4.94. The molecular weight excluding hydrogens is 387 g/mol. The first kappa shape index (κ1) is 19.9. The van der Waals surface area contributed by atoms with E-state index in [0.717, 1.165) is 16.2 Å². The third kappa shape index (κ3) is 4.62. The number of fused-ring (bicyclic) bond motifs is 1. The Morgan fingerprint density at radius 1 is 1.28 bits per heavy atom. The van der Waals surface area contributed by atoms with E-state index in [9.17, 15) is 9.18 Å². The minimum Gasteiger partial charge on any atom is -0.353 e. The molecule has 1 amide bonds. The molecular formula is C22H25FN4OS. The van der Waals surface area contributed by atoms with Crippen LogP contribution in [-0.2, 0) is 11.3 Å². The van der Waals surface area contributed by atoms with Crippen molar-refractivity contribution < 1.29 is 9.18 Å². The summed E-state index contributed by atoms with van der Waals surface area (Å²) < 4.78 is 14.2. The lowest BCUT2D eigenvalue weighted by atomic mass is 10.1. The Morgan fingerprint density at radius 3 is 2.79 bits per heavy atom. The summed E-state index contributed by atoms with van der Waals surface area (Å²) in [5, 5.41) is 4.07. The number of H-pyrrole nitrogens is 1. The second kappa shape index (κ2) is 8.55. The number of imidazole rings is 1. The molecule has 7 heteroatoms. The zero-order valence-corrected chi connectivity index (χ0v) is 17.4. The van der Waals surface area contributed by atoms with Gasteiger partial charge in [0.25, 0.3) is 0 Å². The van der Waals surface area contributed by atoms with E-state index in [2.05, 4.69) is 20.2 Å². The maximum Gasteiger partial charge on any atom is 0.237 e. The largest absolute Gasteiger partial charge is 0.353 e. The molecule has 2 aromatic carbocycles. The maximum absolute atomic E-state index is 14.2. The highest BCUT2D eigenvalue weighted by Crippen LogP contribution is 2.33. The number of hydrogen-bond acceptors (Lipinski definition) is 4. The number of aromatic amines is 1. The van der Waals surface area contributed by atoms with E-state index < -0.39 is 0 Å². The second-order valence-electron chi connectivity index (χ2n) is 7.73. The quantitative estimate of drug-likeness (QED) is 0.643. The van der Waals surface area contributed by atoms with Crippen molar-refractivity contribution in [2.75, 3.05) is 6.54 Å². The maximum atomic E-state index is 14.2. The smallest absolute Gasteiger partial charge is 0.237 e. The van der Waals surface area contributed by atoms with E-state index in [1.54, 1.807) is 23.9 Å². The summed E-state index contributed by atoms with van der Waals surface area (Å²) in [5.74, 6) is -0.229. The SMILES string of the molecule is CC(C)NC(=O)[C@@H]1C[C@H](Sc2nc3ccccc3[nH]2)CN1Cc1ccccc1F. The van der Waals surface area contributed by atoms with Gasteiger partial charge in [-0.1, -0.05) is 42.1 Å². The molecule has 0 radical (unpaired) electrons. The lowest BCUT2D eigenvalue weighted by Crippen LogP contribution is -2.45. The predicted molar refractivity (Wildman–Crippen MR) is 114 cm³/mol. The van der Waals surface area contributed by atoms with Crippen molar-refractivity contribution in [1.82, 2.24) is 20.2 Å². The molecule has 4 rings (SSSR count). The number of nitrogens with zero attached hydrogens (tertiary/aromatic N) is 2. The number of hydrogen-bond donors (Lipinski definition) is 2. The Kier molecular flexibility index (Phi) is 5.87. The Labute approximate surface area is 174 Å². The van der Waals surface area contributed by atoms with Gasteiger partial charge >= 0.3 is 0 Å². The summed E-state index contributed by atoms with van der Waals surface area (Å²) in [6.45, 7) is 5.02. The van der Waals surface area contributed by atoms with Gasteiger partial charge in [-0.15, -0.1) is 0 Å². The van der Waals surface area contributed by atoms with Gasteiger partial charge in [-0.25, -0.2) is 9.37 Å². The van der Waals surface area contributed by atoms with Crippen LogP contribution in [0.1, 0.15) is 25.8 Å². The number of nitrogens with one attached hydrogen (secondary N) is 2. The standard InChI is InChI=1S/C22H25FN4OS/c1-14(2)24-21(28)20-11-16(13-27(20)12-15-7-3-4-8-17(15)23)29-22-25-18-9-5-6-10-19(18)26-22/h3-10,14,16,20H,11-13H2,1-2H3,(H,24,28)(H,25,26)/t16-,20-/m0/s1. The van der Waals surface area contributed by atoms with Gasteiger partial charge in [0.05, 0.1) is 17.1 Å². The molecule has 1 saturated heterocycles. The number of amides is 1. The summed E-state index contributed by atoms with van der Waals surface area (Å²) in [4.78, 5) is 22.9. The van der Waals surface area contributed by atoms with Crippen molar-refractivity contribution in [3.63, 3.8) is 0 Å². The van der Waals surface area contributed by atoms with Crippen LogP contribution in [0.3, 0.4) is 0 Å². The van der Waals surface area contributed by atoms with Crippen molar-refractivity contribution in [3.8, 4) is 0 Å². The fourth-order valence-electron chi connectivity index (χ4n) is 3.76. The third-order valence-corrected chi connectivity index (χ3v) is 6.17. The van der Waals surface area contributed by atoms with Gasteiger partial charge in [0.1, 0.15) is 5.82 Å². The molecule has 2 N–H and O–H groups in total. The molecule has 0 bridgehead atoms. The van der Waals surface area contributed by atoms with Crippen LogP contribution in [0.15, 0.2) is 53.7 Å². The number of thioether (sulfide) groups is 1. The normalized spacial score (nSPS) is 19.9. The van der Waals surface area contributed by atoms with Crippen LogP contribution in [0, 0.1) is 5.82 Å². The Bertz CT molecular complexity index is 972. The monoisotopic (exact) mass is 412 g/mol. The van der Waals surface area contributed by atoms with Crippen LogP contribution in [-0.4, -0.2) is 44.7 Å². The molecule has 152 valence electrons. The molecule has 3 aromatic rings. The summed E-state index contributed by atoms with van der Waals surface area (Å²) >= 11 is 1.65. The number of likely N-dealkylation sites (tertiary alicyclic amines) is 1. The third-order valence-electron chi connectivity index (χ3n) is 5.08. The van der Waals surface area contributed by atoms with Gasteiger partial charge in [-0.2, -0.15) is 0 Å². The molecule has 1 aliphatic rings. The van der Waals surface area contributed by atoms with Gasteiger partial charge in [-0.3, -0.25) is 9.69 Å². The van der Waals surface area contributed by atoms with Crippen molar-refractivity contribution in [2.45, 2.75) is 49.3 Å². The lowest BCUT2D eigenvalue weighted by molar-refractivity contribution is -0.126. The number of carbonyl (C=O) groups excluding carboxylic acids is 1. The van der Waals surface area contributed by atoms with Crippen molar-refractivity contribution in [1.29, 1.82) is 0 Å². The highest BCUT2D eigenvalue weighted by atomic mass is 32.2. The summed E-state index contributed by atoms with van der Waals surface area (Å²) in [6.07, 6.45) is 0.703. The van der Waals surface area contributed by atoms with Crippen LogP contribution in [0.25, 0.3) is 11.0 Å². The number of aromatic nitrogens is 2. The van der Waals surface area contributed by atoms with Crippen molar-refractivity contribution in [3.05, 3.63) is 59.9 Å². The van der Waals surface area contributed by atoms with Gasteiger partial charge in [-0.05, 0) is 38.5 Å². The number of carbonyl (C=O) groups is 1. The molecule has 1 aromatic heterocycles. The van der Waals surface area contributed by atoms with Crippen molar-refractivity contribution >= 4 is 28.7 Å². The van der Waals surface area contributed by atoms with Gasteiger partial charge in [0.2, 0.25) is 5.91 Å². The average molecular weight is 413 g/mol. The average Bonchev–Trinajstić information content (AvgIpc) is 3.26. The molecule has 1 fully saturated rings. The molecule has 0 spiro atoms. The minimum absolute atomic E-state index is 0.00375. The molecule has 2 atom stereocenters. The molecule has 29 heavy (non-hydrogen) atoms. The topological polar surface area (TPSA) is 61.0 Å². The summed E-state index contributed by atoms with van der Waals surface area (Å²) in [7, 11) is 0. The molecule has 0 saturated carbocycles.